The molecule has 2 N–H and O–H groups in total. The van der Waals surface area contributed by atoms with Crippen LogP contribution in [0, 0.1) is 0 Å². The Bertz CT molecular complexity index is 247. The summed E-state index contributed by atoms with van der Waals surface area (Å²) in [5, 5.41) is 0. The number of hydrogen-bond donors (Lipinski definition) is 1. The third-order valence-electron chi connectivity index (χ3n) is 2.45. The highest BCUT2D eigenvalue weighted by molar-refractivity contribution is 5.85. The largest absolute Gasteiger partial charge is 0.330 e. The van der Waals surface area contributed by atoms with Gasteiger partial charge in [0.2, 0.25) is 0 Å². The number of pyridine rings is 1. The first-order chi connectivity index (χ1) is 5.37. The smallest absolute Gasteiger partial charge is 0.0477 e. The highest BCUT2D eigenvalue weighted by Gasteiger charge is 2.43. The van der Waals surface area contributed by atoms with Gasteiger partial charge in [-0.05, 0) is 25.0 Å². The molecule has 13 heavy (non-hydrogen) atoms. The van der Waals surface area contributed by atoms with E-state index in [4.69, 9.17) is 5.73 Å². The van der Waals surface area contributed by atoms with E-state index in [0.29, 0.717) is 0 Å². The number of hydrogen-bond acceptors (Lipinski definition) is 2. The van der Waals surface area contributed by atoms with Crippen molar-refractivity contribution in [3.8, 4) is 0 Å². The van der Waals surface area contributed by atoms with Crippen LogP contribution < -0.4 is 5.73 Å². The zero-order chi connectivity index (χ0) is 7.73. The van der Waals surface area contributed by atoms with Crippen molar-refractivity contribution in [2.24, 2.45) is 5.73 Å². The molecule has 0 bridgehead atoms. The minimum Gasteiger partial charge on any atom is -0.330 e. The Labute approximate surface area is 90.8 Å². The summed E-state index contributed by atoms with van der Waals surface area (Å²) in [5.74, 6) is 0. The topological polar surface area (TPSA) is 38.9 Å². The molecule has 0 spiro atoms. The lowest BCUT2D eigenvalue weighted by atomic mass is 10.0. The Balaban J connectivity index is 0.000000720. The van der Waals surface area contributed by atoms with Crippen LogP contribution in [-0.4, -0.2) is 11.5 Å². The van der Waals surface area contributed by atoms with Gasteiger partial charge in [-0.3, -0.25) is 4.98 Å². The first-order valence-electron chi connectivity index (χ1n) is 3.99. The molecule has 2 rings (SSSR count). The first kappa shape index (κ1) is 12.7. The van der Waals surface area contributed by atoms with Gasteiger partial charge in [-0.1, -0.05) is 6.07 Å². The average Bonchev–Trinajstić information content (AvgIpc) is 2.86. The Morgan fingerprint density at radius 1 is 1.31 bits per heavy atom. The molecule has 1 aromatic heterocycles. The summed E-state index contributed by atoms with van der Waals surface area (Å²) < 4.78 is 0. The molecular weight excluding hydrogens is 207 g/mol. The molecule has 1 heterocycles. The van der Waals surface area contributed by atoms with E-state index >= 15 is 0 Å². The van der Waals surface area contributed by atoms with E-state index in [9.17, 15) is 0 Å². The zero-order valence-electron chi connectivity index (χ0n) is 7.27. The summed E-state index contributed by atoms with van der Waals surface area (Å²) in [7, 11) is 0. The SMILES string of the molecule is Cl.Cl.NCC1(c2ccccn2)CC1. The van der Waals surface area contributed by atoms with Crippen molar-refractivity contribution in [3.05, 3.63) is 30.1 Å². The third kappa shape index (κ3) is 2.33. The van der Waals surface area contributed by atoms with Gasteiger partial charge in [0.1, 0.15) is 0 Å². The summed E-state index contributed by atoms with van der Waals surface area (Å²) >= 11 is 0. The number of rotatable bonds is 2. The fraction of sp³-hybridized carbons (Fsp3) is 0.444. The molecule has 0 atom stereocenters. The number of nitrogens with zero attached hydrogens (tertiary/aromatic N) is 1. The molecule has 0 radical (unpaired) electrons. The second-order valence-electron chi connectivity index (χ2n) is 3.20. The van der Waals surface area contributed by atoms with E-state index in [1.54, 1.807) is 0 Å². The van der Waals surface area contributed by atoms with E-state index in [-0.39, 0.29) is 30.2 Å². The molecule has 1 fully saturated rings. The van der Waals surface area contributed by atoms with Crippen LogP contribution in [0.1, 0.15) is 18.5 Å². The van der Waals surface area contributed by atoms with Gasteiger partial charge in [-0.25, -0.2) is 0 Å². The first-order valence-corrected chi connectivity index (χ1v) is 3.99. The molecular formula is C9H14Cl2N2. The third-order valence-corrected chi connectivity index (χ3v) is 2.45. The molecule has 1 saturated carbocycles. The second-order valence-corrected chi connectivity index (χ2v) is 3.20. The minimum atomic E-state index is 0. The molecule has 0 amide bonds. The van der Waals surface area contributed by atoms with Crippen LogP contribution in [0.3, 0.4) is 0 Å². The monoisotopic (exact) mass is 220 g/mol. The Kier molecular flexibility index (Phi) is 4.68. The van der Waals surface area contributed by atoms with Crippen LogP contribution in [0.5, 0.6) is 0 Å². The lowest BCUT2D eigenvalue weighted by Crippen LogP contribution is -2.20. The van der Waals surface area contributed by atoms with Crippen molar-refractivity contribution in [2.75, 3.05) is 6.54 Å². The molecule has 0 unspecified atom stereocenters. The number of nitrogens with two attached hydrogens (primary N) is 1. The number of aromatic nitrogens is 1. The molecule has 1 aliphatic rings. The molecule has 0 aromatic carbocycles. The quantitative estimate of drug-likeness (QED) is 0.828. The van der Waals surface area contributed by atoms with Crippen molar-refractivity contribution in [1.29, 1.82) is 0 Å². The standard InChI is InChI=1S/C9H12N2.2ClH/c10-7-9(4-5-9)8-3-1-2-6-11-8;;/h1-3,6H,4-5,7,10H2;2*1H. The van der Waals surface area contributed by atoms with Crippen molar-refractivity contribution in [2.45, 2.75) is 18.3 Å². The van der Waals surface area contributed by atoms with Crippen molar-refractivity contribution < 1.29 is 0 Å². The van der Waals surface area contributed by atoms with Gasteiger partial charge in [-0.2, -0.15) is 0 Å². The maximum atomic E-state index is 5.66. The fourth-order valence-electron chi connectivity index (χ4n) is 1.39. The minimum absolute atomic E-state index is 0. The van der Waals surface area contributed by atoms with Gasteiger partial charge in [0, 0.05) is 23.9 Å². The van der Waals surface area contributed by atoms with Crippen LogP contribution in [0.2, 0.25) is 0 Å². The van der Waals surface area contributed by atoms with E-state index in [0.717, 1.165) is 6.54 Å². The fourth-order valence-corrected chi connectivity index (χ4v) is 1.39. The van der Waals surface area contributed by atoms with Crippen molar-refractivity contribution in [3.63, 3.8) is 0 Å². The summed E-state index contributed by atoms with van der Waals surface area (Å²) in [6, 6.07) is 6.04. The van der Waals surface area contributed by atoms with Crippen LogP contribution in [0.25, 0.3) is 0 Å². The maximum absolute atomic E-state index is 5.66. The Morgan fingerprint density at radius 3 is 2.38 bits per heavy atom. The highest BCUT2D eigenvalue weighted by atomic mass is 35.5. The lowest BCUT2D eigenvalue weighted by Gasteiger charge is -2.09. The second kappa shape index (κ2) is 4.80. The summed E-state index contributed by atoms with van der Waals surface area (Å²) in [6.07, 6.45) is 4.26. The molecule has 4 heteroatoms. The van der Waals surface area contributed by atoms with Crippen LogP contribution in [-0.2, 0) is 5.41 Å². The van der Waals surface area contributed by atoms with E-state index in [1.807, 2.05) is 18.3 Å². The van der Waals surface area contributed by atoms with Crippen molar-refractivity contribution >= 4 is 24.8 Å². The number of halogens is 2. The summed E-state index contributed by atoms with van der Waals surface area (Å²) in [4.78, 5) is 4.30. The van der Waals surface area contributed by atoms with Gasteiger partial charge in [0.05, 0.1) is 0 Å². The molecule has 74 valence electrons. The van der Waals surface area contributed by atoms with Crippen LogP contribution in [0.4, 0.5) is 0 Å². The Morgan fingerprint density at radius 2 is 2.00 bits per heavy atom. The molecule has 2 nitrogen and oxygen atoms in total. The molecule has 1 aliphatic carbocycles. The van der Waals surface area contributed by atoms with E-state index in [1.165, 1.54) is 18.5 Å². The summed E-state index contributed by atoms with van der Waals surface area (Å²) in [6.45, 7) is 0.740. The predicted molar refractivity (Wildman–Crippen MR) is 58.7 cm³/mol. The van der Waals surface area contributed by atoms with E-state index < -0.39 is 0 Å². The predicted octanol–water partition coefficient (Wildman–Crippen LogP) is 1.92. The molecule has 0 saturated heterocycles. The van der Waals surface area contributed by atoms with Crippen LogP contribution >= 0.6 is 24.8 Å². The van der Waals surface area contributed by atoms with Gasteiger partial charge in [0.25, 0.3) is 0 Å². The average molecular weight is 221 g/mol. The van der Waals surface area contributed by atoms with Gasteiger partial charge < -0.3 is 5.73 Å². The highest BCUT2D eigenvalue weighted by Crippen LogP contribution is 2.45. The van der Waals surface area contributed by atoms with E-state index in [2.05, 4.69) is 11.1 Å². The lowest BCUT2D eigenvalue weighted by molar-refractivity contribution is 0.678. The molecule has 1 aromatic rings. The zero-order valence-corrected chi connectivity index (χ0v) is 8.90. The maximum Gasteiger partial charge on any atom is 0.0477 e. The van der Waals surface area contributed by atoms with Gasteiger partial charge in [0.15, 0.2) is 0 Å². The Hall–Kier alpha value is -0.310. The molecule has 0 aliphatic heterocycles. The van der Waals surface area contributed by atoms with Gasteiger partial charge in [-0.15, -0.1) is 24.8 Å². The summed E-state index contributed by atoms with van der Waals surface area (Å²) in [5.41, 5.74) is 7.08. The van der Waals surface area contributed by atoms with Gasteiger partial charge >= 0.3 is 0 Å². The van der Waals surface area contributed by atoms with Crippen LogP contribution in [0.15, 0.2) is 24.4 Å². The van der Waals surface area contributed by atoms with Crippen molar-refractivity contribution in [1.82, 2.24) is 4.98 Å². The normalized spacial score (nSPS) is 16.7.